The molecule has 0 saturated heterocycles. The zero-order valence-corrected chi connectivity index (χ0v) is 11.3. The lowest BCUT2D eigenvalue weighted by Gasteiger charge is -2.22. The van der Waals surface area contributed by atoms with Gasteiger partial charge in [0.05, 0.1) is 12.6 Å². The number of nitro groups is 1. The Morgan fingerprint density at radius 3 is 2.55 bits per heavy atom. The van der Waals surface area contributed by atoms with E-state index in [2.05, 4.69) is 6.58 Å². The van der Waals surface area contributed by atoms with E-state index < -0.39 is 4.92 Å². The van der Waals surface area contributed by atoms with Crippen LogP contribution in [0, 0.1) is 17.0 Å². The van der Waals surface area contributed by atoms with Gasteiger partial charge in [-0.25, -0.2) is 0 Å². The molecule has 0 radical (unpaired) electrons. The smallest absolute Gasteiger partial charge is 0.404 e. The molecule has 1 heterocycles. The number of benzene rings is 1. The molecule has 5 heteroatoms. The first kappa shape index (κ1) is 13.9. The molecule has 20 heavy (non-hydrogen) atoms. The van der Waals surface area contributed by atoms with E-state index >= 15 is 0 Å². The van der Waals surface area contributed by atoms with E-state index in [0.29, 0.717) is 18.8 Å². The van der Waals surface area contributed by atoms with E-state index in [-0.39, 0.29) is 5.88 Å². The lowest BCUT2D eigenvalue weighted by atomic mass is 10.2. The minimum Gasteiger partial charge on any atom is -0.404 e. The average molecular weight is 272 g/mol. The van der Waals surface area contributed by atoms with E-state index in [1.807, 2.05) is 36.1 Å². The quantitative estimate of drug-likeness (QED) is 0.457. The third-order valence-corrected chi connectivity index (χ3v) is 2.92. The van der Waals surface area contributed by atoms with Crippen molar-refractivity contribution in [3.05, 3.63) is 70.5 Å². The van der Waals surface area contributed by atoms with Crippen molar-refractivity contribution in [1.82, 2.24) is 0 Å². The van der Waals surface area contributed by atoms with E-state index in [1.165, 1.54) is 11.6 Å². The number of furan rings is 1. The molecule has 1 aromatic carbocycles. The molecular formula is C15H16N2O3. The number of nitrogens with zero attached hydrogens (tertiary/aromatic N) is 2. The van der Waals surface area contributed by atoms with Crippen LogP contribution in [0.4, 0.5) is 11.6 Å². The Labute approximate surface area is 117 Å². The minimum absolute atomic E-state index is 0.234. The molecule has 0 amide bonds. The monoisotopic (exact) mass is 272 g/mol. The number of rotatable bonds is 6. The molecule has 0 spiro atoms. The number of hydrogen-bond donors (Lipinski definition) is 0. The van der Waals surface area contributed by atoms with Gasteiger partial charge < -0.3 is 9.32 Å². The second kappa shape index (κ2) is 6.06. The molecule has 2 aromatic rings. The van der Waals surface area contributed by atoms with Crippen LogP contribution < -0.4 is 4.90 Å². The van der Waals surface area contributed by atoms with Gasteiger partial charge in [0.1, 0.15) is 10.7 Å². The highest BCUT2D eigenvalue weighted by Crippen LogP contribution is 2.21. The lowest BCUT2D eigenvalue weighted by molar-refractivity contribution is -0.402. The summed E-state index contributed by atoms with van der Waals surface area (Å²) < 4.78 is 5.19. The van der Waals surface area contributed by atoms with Crippen LogP contribution in [0.3, 0.4) is 0 Å². The van der Waals surface area contributed by atoms with E-state index in [9.17, 15) is 10.1 Å². The summed E-state index contributed by atoms with van der Waals surface area (Å²) in [6, 6.07) is 11.1. The van der Waals surface area contributed by atoms with Gasteiger partial charge in [0.15, 0.2) is 0 Å². The molecule has 0 saturated carbocycles. The Kier molecular flexibility index (Phi) is 4.20. The summed E-state index contributed by atoms with van der Waals surface area (Å²) in [5, 5.41) is 10.6. The van der Waals surface area contributed by atoms with Crippen LogP contribution in [-0.4, -0.2) is 11.5 Å². The maximum atomic E-state index is 10.6. The molecule has 0 fully saturated rings. The molecular weight excluding hydrogens is 256 g/mol. The first-order chi connectivity index (χ1) is 9.60. The fourth-order valence-corrected chi connectivity index (χ4v) is 1.91. The first-order valence-electron chi connectivity index (χ1n) is 6.26. The lowest BCUT2D eigenvalue weighted by Crippen LogP contribution is -2.22. The Balaban J connectivity index is 2.18. The zero-order valence-electron chi connectivity index (χ0n) is 11.3. The molecule has 104 valence electrons. The van der Waals surface area contributed by atoms with Gasteiger partial charge in [-0.1, -0.05) is 23.8 Å². The standard InChI is InChI=1S/C15H16N2O3/c1-3-10-16(13-6-4-12(2)5-7-13)11-14-8-9-15(20-14)17(18)19/h3-9H,1,10-11H2,2H3. The Morgan fingerprint density at radius 2 is 2.00 bits per heavy atom. The fourth-order valence-electron chi connectivity index (χ4n) is 1.91. The molecule has 5 nitrogen and oxygen atoms in total. The maximum absolute atomic E-state index is 10.6. The molecule has 0 unspecified atom stereocenters. The molecule has 0 N–H and O–H groups in total. The summed E-state index contributed by atoms with van der Waals surface area (Å²) in [5.41, 5.74) is 2.20. The van der Waals surface area contributed by atoms with Crippen LogP contribution in [0.2, 0.25) is 0 Å². The highest BCUT2D eigenvalue weighted by molar-refractivity contribution is 5.48. The van der Waals surface area contributed by atoms with Gasteiger partial charge in [-0.3, -0.25) is 10.1 Å². The van der Waals surface area contributed by atoms with Crippen LogP contribution in [-0.2, 0) is 6.54 Å². The predicted molar refractivity (Wildman–Crippen MR) is 77.8 cm³/mol. The van der Waals surface area contributed by atoms with Gasteiger partial charge in [0.25, 0.3) is 0 Å². The summed E-state index contributed by atoms with van der Waals surface area (Å²) in [5.74, 6) is 0.321. The highest BCUT2D eigenvalue weighted by atomic mass is 16.6. The molecule has 0 aliphatic heterocycles. The largest absolute Gasteiger partial charge is 0.433 e. The molecule has 1 aromatic heterocycles. The highest BCUT2D eigenvalue weighted by Gasteiger charge is 2.14. The van der Waals surface area contributed by atoms with Crippen molar-refractivity contribution >= 4 is 11.6 Å². The SMILES string of the molecule is C=CCN(Cc1ccc([N+](=O)[O-])o1)c1ccc(C)cc1. The summed E-state index contributed by atoms with van der Waals surface area (Å²) in [7, 11) is 0. The van der Waals surface area contributed by atoms with E-state index in [1.54, 1.807) is 12.1 Å². The summed E-state index contributed by atoms with van der Waals surface area (Å²) in [6.45, 7) is 6.86. The summed E-state index contributed by atoms with van der Waals surface area (Å²) >= 11 is 0. The van der Waals surface area contributed by atoms with Crippen LogP contribution in [0.25, 0.3) is 0 Å². The third kappa shape index (κ3) is 3.26. The Bertz CT molecular complexity index is 602. The van der Waals surface area contributed by atoms with Crippen molar-refractivity contribution < 1.29 is 9.34 Å². The van der Waals surface area contributed by atoms with Crippen LogP contribution in [0.15, 0.2) is 53.5 Å². The van der Waals surface area contributed by atoms with Crippen molar-refractivity contribution in [3.63, 3.8) is 0 Å². The zero-order chi connectivity index (χ0) is 14.5. The molecule has 0 bridgehead atoms. The van der Waals surface area contributed by atoms with Crippen molar-refractivity contribution in [2.45, 2.75) is 13.5 Å². The maximum Gasteiger partial charge on any atom is 0.433 e. The summed E-state index contributed by atoms with van der Waals surface area (Å²) in [6.07, 6.45) is 1.79. The van der Waals surface area contributed by atoms with Crippen molar-refractivity contribution in [2.24, 2.45) is 0 Å². The van der Waals surface area contributed by atoms with E-state index in [0.717, 1.165) is 5.69 Å². The van der Waals surface area contributed by atoms with Crippen molar-refractivity contribution in [1.29, 1.82) is 0 Å². The second-order valence-electron chi connectivity index (χ2n) is 4.50. The Hall–Kier alpha value is -2.56. The van der Waals surface area contributed by atoms with Gasteiger partial charge in [-0.05, 0) is 25.1 Å². The van der Waals surface area contributed by atoms with Crippen molar-refractivity contribution in [3.8, 4) is 0 Å². The first-order valence-corrected chi connectivity index (χ1v) is 6.26. The van der Waals surface area contributed by atoms with Gasteiger partial charge in [0, 0.05) is 12.2 Å². The van der Waals surface area contributed by atoms with Gasteiger partial charge >= 0.3 is 5.88 Å². The number of hydrogen-bond acceptors (Lipinski definition) is 4. The normalized spacial score (nSPS) is 10.2. The topological polar surface area (TPSA) is 59.5 Å². The summed E-state index contributed by atoms with van der Waals surface area (Å²) in [4.78, 5) is 12.1. The van der Waals surface area contributed by atoms with Crippen LogP contribution >= 0.6 is 0 Å². The van der Waals surface area contributed by atoms with Gasteiger partial charge in [-0.15, -0.1) is 6.58 Å². The third-order valence-electron chi connectivity index (χ3n) is 2.92. The molecule has 0 aliphatic carbocycles. The number of anilines is 1. The average Bonchev–Trinajstić information content (AvgIpc) is 2.88. The Morgan fingerprint density at radius 1 is 1.30 bits per heavy atom. The van der Waals surface area contributed by atoms with Gasteiger partial charge in [0.2, 0.25) is 0 Å². The second-order valence-corrected chi connectivity index (χ2v) is 4.50. The van der Waals surface area contributed by atoms with Crippen LogP contribution in [0.1, 0.15) is 11.3 Å². The van der Waals surface area contributed by atoms with Gasteiger partial charge in [-0.2, -0.15) is 0 Å². The minimum atomic E-state index is -0.535. The molecule has 0 atom stereocenters. The molecule has 0 aliphatic rings. The van der Waals surface area contributed by atoms with Crippen LogP contribution in [0.5, 0.6) is 0 Å². The number of aryl methyl sites for hydroxylation is 1. The predicted octanol–water partition coefficient (Wildman–Crippen LogP) is 3.69. The fraction of sp³-hybridized carbons (Fsp3) is 0.200. The van der Waals surface area contributed by atoms with Crippen molar-refractivity contribution in [2.75, 3.05) is 11.4 Å². The molecule has 2 rings (SSSR count). The van der Waals surface area contributed by atoms with E-state index in [4.69, 9.17) is 4.42 Å².